The zero-order valence-electron chi connectivity index (χ0n) is 18.5. The molecule has 0 radical (unpaired) electrons. The summed E-state index contributed by atoms with van der Waals surface area (Å²) < 4.78 is 58.4. The minimum Gasteiger partial charge on any atom is -0.461 e. The van der Waals surface area contributed by atoms with Gasteiger partial charge in [0.15, 0.2) is 0 Å². The molecule has 0 aliphatic heterocycles. The third kappa shape index (κ3) is 4.53. The van der Waals surface area contributed by atoms with Crippen LogP contribution in [0.2, 0.25) is 0 Å². The number of hydrogen-bond acceptors (Lipinski definition) is 6. The van der Waals surface area contributed by atoms with Crippen molar-refractivity contribution in [2.45, 2.75) is 44.6 Å². The van der Waals surface area contributed by atoms with Gasteiger partial charge in [-0.25, -0.2) is 26.0 Å². The number of nitrogens with zero attached hydrogens (tertiary/aromatic N) is 2. The van der Waals surface area contributed by atoms with Crippen molar-refractivity contribution >= 4 is 16.0 Å². The predicted octanol–water partition coefficient (Wildman–Crippen LogP) is 4.11. The number of ether oxygens (including phenoxy) is 1. The Morgan fingerprint density at radius 3 is 2.33 bits per heavy atom. The molecule has 3 aromatic rings. The van der Waals surface area contributed by atoms with Gasteiger partial charge in [0.25, 0.3) is 16.4 Å². The third-order valence-corrected chi connectivity index (χ3v) is 7.04. The van der Waals surface area contributed by atoms with Crippen LogP contribution in [-0.4, -0.2) is 35.1 Å². The molecular formula is C23H24F2N2O5S. The van der Waals surface area contributed by atoms with Crippen molar-refractivity contribution in [1.82, 2.24) is 8.96 Å². The van der Waals surface area contributed by atoms with Crippen molar-refractivity contribution in [2.75, 3.05) is 6.61 Å². The average molecular weight is 479 g/mol. The summed E-state index contributed by atoms with van der Waals surface area (Å²) in [5.74, 6) is -0.876. The monoisotopic (exact) mass is 478 g/mol. The van der Waals surface area contributed by atoms with E-state index in [1.807, 2.05) is 6.92 Å². The number of pyridine rings is 1. The van der Waals surface area contributed by atoms with Crippen molar-refractivity contribution in [3.63, 3.8) is 0 Å². The van der Waals surface area contributed by atoms with Gasteiger partial charge in [-0.2, -0.15) is 0 Å². The van der Waals surface area contributed by atoms with Gasteiger partial charge in [-0.15, -0.1) is 0 Å². The topological polar surface area (TPSA) is 98.5 Å². The Hall–Kier alpha value is -3.11. The molecule has 0 aliphatic carbocycles. The zero-order chi connectivity index (χ0) is 24.6. The number of carbonyl (C=O) groups is 1. The van der Waals surface area contributed by atoms with Crippen LogP contribution < -0.4 is 0 Å². The van der Waals surface area contributed by atoms with Crippen molar-refractivity contribution in [3.05, 3.63) is 82.4 Å². The van der Waals surface area contributed by atoms with E-state index >= 15 is 0 Å². The number of benzene rings is 1. The SMILES string of the molecule is CCOC(=O)c1c(C)c(C(C)(O)c2ccc(C(F)F)nc2)cn1S(=O)(=O)c1ccc(C)cc1. The van der Waals surface area contributed by atoms with Gasteiger partial charge in [-0.1, -0.05) is 23.8 Å². The van der Waals surface area contributed by atoms with Crippen molar-refractivity contribution < 1.29 is 31.8 Å². The summed E-state index contributed by atoms with van der Waals surface area (Å²) in [6, 6.07) is 8.44. The second-order valence-corrected chi connectivity index (χ2v) is 9.51. The van der Waals surface area contributed by atoms with Crippen LogP contribution in [0.3, 0.4) is 0 Å². The van der Waals surface area contributed by atoms with Crippen LogP contribution >= 0.6 is 0 Å². The molecule has 1 N–H and O–H groups in total. The van der Waals surface area contributed by atoms with Gasteiger partial charge >= 0.3 is 5.97 Å². The number of aryl methyl sites for hydroxylation is 1. The van der Waals surface area contributed by atoms with Crippen LogP contribution in [0.1, 0.15) is 58.7 Å². The van der Waals surface area contributed by atoms with E-state index in [0.717, 1.165) is 28.0 Å². The molecule has 0 spiro atoms. The number of esters is 1. The highest BCUT2D eigenvalue weighted by atomic mass is 32.2. The van der Waals surface area contributed by atoms with E-state index in [4.69, 9.17) is 4.74 Å². The first-order chi connectivity index (χ1) is 15.4. The molecule has 3 rings (SSSR count). The fourth-order valence-corrected chi connectivity index (χ4v) is 4.90. The lowest BCUT2D eigenvalue weighted by atomic mass is 9.88. The Balaban J connectivity index is 2.21. The Kier molecular flexibility index (Phi) is 6.71. The highest BCUT2D eigenvalue weighted by molar-refractivity contribution is 7.90. The molecular weight excluding hydrogens is 454 g/mol. The van der Waals surface area contributed by atoms with E-state index < -0.39 is 33.7 Å². The molecule has 0 amide bonds. The summed E-state index contributed by atoms with van der Waals surface area (Å²) in [5.41, 5.74) is -1.29. The highest BCUT2D eigenvalue weighted by Gasteiger charge is 2.36. The molecule has 1 unspecified atom stereocenters. The number of alkyl halides is 2. The Bertz CT molecular complexity index is 1270. The van der Waals surface area contributed by atoms with Gasteiger partial charge < -0.3 is 9.84 Å². The van der Waals surface area contributed by atoms with Gasteiger partial charge in [0.2, 0.25) is 0 Å². The second-order valence-electron chi connectivity index (χ2n) is 7.70. The number of carbonyl (C=O) groups excluding carboxylic acids is 1. The fraction of sp³-hybridized carbons (Fsp3) is 0.304. The average Bonchev–Trinajstić information content (AvgIpc) is 3.13. The molecule has 1 atom stereocenters. The summed E-state index contributed by atoms with van der Waals surface area (Å²) in [4.78, 5) is 16.3. The van der Waals surface area contributed by atoms with Crippen LogP contribution in [0.25, 0.3) is 0 Å². The van der Waals surface area contributed by atoms with E-state index in [1.165, 1.54) is 32.0 Å². The van der Waals surface area contributed by atoms with Crippen LogP contribution in [0.5, 0.6) is 0 Å². The summed E-state index contributed by atoms with van der Waals surface area (Å²) in [6.45, 7) is 6.26. The molecule has 0 aliphatic rings. The number of hydrogen-bond donors (Lipinski definition) is 1. The summed E-state index contributed by atoms with van der Waals surface area (Å²) in [7, 11) is -4.22. The first-order valence-corrected chi connectivity index (χ1v) is 11.5. The van der Waals surface area contributed by atoms with Crippen LogP contribution in [-0.2, 0) is 20.4 Å². The normalized spacial score (nSPS) is 13.7. The Morgan fingerprint density at radius 1 is 1.18 bits per heavy atom. The molecule has 10 heteroatoms. The zero-order valence-corrected chi connectivity index (χ0v) is 19.4. The summed E-state index contributed by atoms with van der Waals surface area (Å²) >= 11 is 0. The molecule has 7 nitrogen and oxygen atoms in total. The quantitative estimate of drug-likeness (QED) is 0.513. The molecule has 176 valence electrons. The molecule has 0 fully saturated rings. The smallest absolute Gasteiger partial charge is 0.356 e. The van der Waals surface area contributed by atoms with Crippen molar-refractivity contribution in [3.8, 4) is 0 Å². The maximum absolute atomic E-state index is 13.4. The first-order valence-electron chi connectivity index (χ1n) is 10.1. The van der Waals surface area contributed by atoms with Crippen molar-refractivity contribution in [1.29, 1.82) is 0 Å². The highest BCUT2D eigenvalue weighted by Crippen LogP contribution is 2.35. The van der Waals surface area contributed by atoms with Gasteiger partial charge in [0, 0.05) is 23.5 Å². The lowest BCUT2D eigenvalue weighted by Gasteiger charge is -2.24. The minimum atomic E-state index is -4.22. The standard InChI is InChI=1S/C23H24F2N2O5S/c1-5-32-22(28)20-15(3)18(23(4,29)16-8-11-19(21(24)25)26-12-16)13-27(20)33(30,31)17-9-6-14(2)7-10-17/h6-13,21,29H,5H2,1-4H3. The molecule has 2 heterocycles. The molecule has 0 bridgehead atoms. The Labute approximate surface area is 190 Å². The van der Waals surface area contributed by atoms with E-state index in [2.05, 4.69) is 4.98 Å². The second kappa shape index (κ2) is 9.03. The maximum atomic E-state index is 13.4. The number of aliphatic hydroxyl groups is 1. The lowest BCUT2D eigenvalue weighted by Crippen LogP contribution is -2.24. The lowest BCUT2D eigenvalue weighted by molar-refractivity contribution is 0.0517. The molecule has 2 aromatic heterocycles. The van der Waals surface area contributed by atoms with Gasteiger partial charge in [-0.3, -0.25) is 4.98 Å². The van der Waals surface area contributed by atoms with E-state index in [-0.39, 0.29) is 33.9 Å². The van der Waals surface area contributed by atoms with E-state index in [0.29, 0.717) is 0 Å². The largest absolute Gasteiger partial charge is 0.461 e. The van der Waals surface area contributed by atoms with Gasteiger partial charge in [0.1, 0.15) is 17.0 Å². The van der Waals surface area contributed by atoms with Gasteiger partial charge in [0.05, 0.1) is 11.5 Å². The molecule has 0 saturated carbocycles. The van der Waals surface area contributed by atoms with Crippen LogP contribution in [0.4, 0.5) is 8.78 Å². The predicted molar refractivity (Wildman–Crippen MR) is 117 cm³/mol. The number of aromatic nitrogens is 2. The van der Waals surface area contributed by atoms with Crippen molar-refractivity contribution in [2.24, 2.45) is 0 Å². The summed E-state index contributed by atoms with van der Waals surface area (Å²) in [6.07, 6.45) is -0.531. The number of rotatable bonds is 7. The van der Waals surface area contributed by atoms with Crippen LogP contribution in [0.15, 0.2) is 53.7 Å². The third-order valence-electron chi connectivity index (χ3n) is 5.37. The molecule has 33 heavy (non-hydrogen) atoms. The molecule has 0 saturated heterocycles. The van der Waals surface area contributed by atoms with Gasteiger partial charge in [-0.05, 0) is 51.5 Å². The maximum Gasteiger partial charge on any atom is 0.356 e. The Morgan fingerprint density at radius 2 is 1.82 bits per heavy atom. The van der Waals surface area contributed by atoms with E-state index in [1.54, 1.807) is 19.1 Å². The van der Waals surface area contributed by atoms with Crippen LogP contribution in [0, 0.1) is 13.8 Å². The molecule has 1 aromatic carbocycles. The summed E-state index contributed by atoms with van der Waals surface area (Å²) in [5, 5.41) is 11.3. The first kappa shape index (κ1) is 24.5. The van der Waals surface area contributed by atoms with E-state index in [9.17, 15) is 27.1 Å². The fourth-order valence-electron chi connectivity index (χ4n) is 3.50. The number of halogens is 2. The minimum absolute atomic E-state index is 0.0127.